The molecule has 0 spiro atoms. The molecule has 0 radical (unpaired) electrons. The van der Waals surface area contributed by atoms with Gasteiger partial charge in [-0.15, -0.1) is 11.3 Å². The average molecular weight is 416 g/mol. The number of ether oxygens (including phenoxy) is 1. The first-order valence-corrected chi connectivity index (χ1v) is 10.4. The van der Waals surface area contributed by atoms with Crippen LogP contribution in [0, 0.1) is 0 Å². The standard InChI is InChI=1S/C21H25N3O4S/c1-4-5-11-22(2)18(25)14-23-16-10-12-29-19(16)20(26)24(21(23)27)13-15-8-6-7-9-17(15)28-3/h6-10,12H,4-5,11,13-14H2,1-3H3. The number of benzene rings is 1. The number of amides is 1. The number of carbonyl (C=O) groups excluding carboxylic acids is 1. The van der Waals surface area contributed by atoms with E-state index in [4.69, 9.17) is 4.74 Å². The van der Waals surface area contributed by atoms with Crippen molar-refractivity contribution in [3.8, 4) is 5.75 Å². The fourth-order valence-corrected chi connectivity index (χ4v) is 4.05. The van der Waals surface area contributed by atoms with Gasteiger partial charge in [0.05, 0.1) is 19.2 Å². The molecule has 7 nitrogen and oxygen atoms in total. The van der Waals surface area contributed by atoms with Crippen molar-refractivity contribution in [2.45, 2.75) is 32.9 Å². The highest BCUT2D eigenvalue weighted by molar-refractivity contribution is 7.17. The number of hydrogen-bond acceptors (Lipinski definition) is 5. The van der Waals surface area contributed by atoms with Crippen molar-refractivity contribution < 1.29 is 9.53 Å². The van der Waals surface area contributed by atoms with Gasteiger partial charge in [0, 0.05) is 19.2 Å². The first kappa shape index (κ1) is 20.9. The maximum absolute atomic E-state index is 13.2. The van der Waals surface area contributed by atoms with Gasteiger partial charge in [0.2, 0.25) is 5.91 Å². The summed E-state index contributed by atoms with van der Waals surface area (Å²) in [5.41, 5.74) is 0.375. The van der Waals surface area contributed by atoms with Gasteiger partial charge in [0.1, 0.15) is 17.0 Å². The molecule has 0 aliphatic heterocycles. The molecule has 1 amide bonds. The third-order valence-electron chi connectivity index (χ3n) is 4.92. The molecule has 0 saturated heterocycles. The lowest BCUT2D eigenvalue weighted by molar-refractivity contribution is -0.130. The van der Waals surface area contributed by atoms with Gasteiger partial charge < -0.3 is 9.64 Å². The molecule has 1 aromatic carbocycles. The van der Waals surface area contributed by atoms with Gasteiger partial charge in [-0.2, -0.15) is 0 Å². The quantitative estimate of drug-likeness (QED) is 0.567. The summed E-state index contributed by atoms with van der Waals surface area (Å²) in [5, 5.41) is 1.76. The van der Waals surface area contributed by atoms with Gasteiger partial charge in [-0.05, 0) is 23.9 Å². The summed E-state index contributed by atoms with van der Waals surface area (Å²) in [6.45, 7) is 2.68. The van der Waals surface area contributed by atoms with E-state index >= 15 is 0 Å². The van der Waals surface area contributed by atoms with E-state index in [0.29, 0.717) is 22.5 Å². The fourth-order valence-electron chi connectivity index (χ4n) is 3.21. The number of para-hydroxylation sites is 1. The predicted octanol–water partition coefficient (Wildman–Crippen LogP) is 2.54. The Morgan fingerprint density at radius 3 is 2.66 bits per heavy atom. The number of rotatable bonds is 8. The lowest BCUT2D eigenvalue weighted by Crippen LogP contribution is -2.42. The Bertz CT molecular complexity index is 1130. The molecule has 0 N–H and O–H groups in total. The molecule has 2 aromatic heterocycles. The zero-order valence-corrected chi connectivity index (χ0v) is 17.7. The van der Waals surface area contributed by atoms with E-state index in [9.17, 15) is 14.4 Å². The second-order valence-corrected chi connectivity index (χ2v) is 7.79. The van der Waals surface area contributed by atoms with Crippen LogP contribution in [-0.4, -0.2) is 40.6 Å². The minimum atomic E-state index is -0.496. The van der Waals surface area contributed by atoms with Crippen LogP contribution < -0.4 is 16.0 Å². The Morgan fingerprint density at radius 2 is 1.93 bits per heavy atom. The van der Waals surface area contributed by atoms with Crippen LogP contribution >= 0.6 is 11.3 Å². The first-order valence-electron chi connectivity index (χ1n) is 9.54. The van der Waals surface area contributed by atoms with Crippen molar-refractivity contribution in [3.63, 3.8) is 0 Å². The number of methoxy groups -OCH3 is 1. The van der Waals surface area contributed by atoms with E-state index < -0.39 is 5.69 Å². The van der Waals surface area contributed by atoms with Crippen LogP contribution in [-0.2, 0) is 17.9 Å². The molecule has 0 bridgehead atoms. The van der Waals surface area contributed by atoms with Crippen LogP contribution in [0.3, 0.4) is 0 Å². The van der Waals surface area contributed by atoms with Crippen molar-refractivity contribution in [2.75, 3.05) is 20.7 Å². The molecule has 0 aliphatic rings. The summed E-state index contributed by atoms with van der Waals surface area (Å²) >= 11 is 1.27. The maximum Gasteiger partial charge on any atom is 0.332 e. The van der Waals surface area contributed by atoms with Gasteiger partial charge in [-0.3, -0.25) is 18.7 Å². The highest BCUT2D eigenvalue weighted by atomic mass is 32.1. The van der Waals surface area contributed by atoms with Crippen molar-refractivity contribution in [2.24, 2.45) is 0 Å². The summed E-state index contributed by atoms with van der Waals surface area (Å²) in [5.74, 6) is 0.447. The molecule has 0 saturated carbocycles. The van der Waals surface area contributed by atoms with Gasteiger partial charge >= 0.3 is 5.69 Å². The van der Waals surface area contributed by atoms with Crippen LogP contribution in [0.15, 0.2) is 45.3 Å². The number of hydrogen-bond donors (Lipinski definition) is 0. The van der Waals surface area contributed by atoms with Gasteiger partial charge in [-0.1, -0.05) is 31.5 Å². The molecule has 0 atom stereocenters. The van der Waals surface area contributed by atoms with Gasteiger partial charge in [-0.25, -0.2) is 4.79 Å². The predicted molar refractivity (Wildman–Crippen MR) is 115 cm³/mol. The van der Waals surface area contributed by atoms with E-state index in [2.05, 4.69) is 6.92 Å². The van der Waals surface area contributed by atoms with Gasteiger partial charge in [0.25, 0.3) is 5.56 Å². The minimum Gasteiger partial charge on any atom is -0.496 e. The third kappa shape index (κ3) is 4.27. The van der Waals surface area contributed by atoms with Crippen LogP contribution in [0.4, 0.5) is 0 Å². The van der Waals surface area contributed by atoms with Crippen molar-refractivity contribution in [1.29, 1.82) is 0 Å². The van der Waals surface area contributed by atoms with E-state index in [1.165, 1.54) is 20.5 Å². The topological polar surface area (TPSA) is 73.5 Å². The molecule has 2 heterocycles. The number of likely N-dealkylation sites (N-methyl/N-ethyl adjacent to an activating group) is 1. The second kappa shape index (κ2) is 9.09. The zero-order chi connectivity index (χ0) is 21.0. The molecule has 154 valence electrons. The number of nitrogens with zero attached hydrogens (tertiary/aromatic N) is 3. The van der Waals surface area contributed by atoms with Crippen LogP contribution in [0.5, 0.6) is 5.75 Å². The average Bonchev–Trinajstić information content (AvgIpc) is 3.22. The molecule has 3 aromatic rings. The van der Waals surface area contributed by atoms with E-state index in [-0.39, 0.29) is 24.6 Å². The zero-order valence-electron chi connectivity index (χ0n) is 16.9. The molecule has 0 unspecified atom stereocenters. The molecule has 0 aliphatic carbocycles. The van der Waals surface area contributed by atoms with Crippen LogP contribution in [0.2, 0.25) is 0 Å². The normalized spacial score (nSPS) is 11.0. The number of thiophene rings is 1. The number of aromatic nitrogens is 2. The lowest BCUT2D eigenvalue weighted by atomic mass is 10.2. The smallest absolute Gasteiger partial charge is 0.332 e. The van der Waals surface area contributed by atoms with Crippen molar-refractivity contribution >= 4 is 27.5 Å². The SMILES string of the molecule is CCCCN(C)C(=O)Cn1c(=O)n(Cc2ccccc2OC)c(=O)c2sccc21. The summed E-state index contributed by atoms with van der Waals surface area (Å²) in [6.07, 6.45) is 1.88. The molecule has 8 heteroatoms. The monoisotopic (exact) mass is 415 g/mol. The highest BCUT2D eigenvalue weighted by Crippen LogP contribution is 2.19. The molecule has 0 fully saturated rings. The summed E-state index contributed by atoms with van der Waals surface area (Å²) in [4.78, 5) is 40.4. The Hall–Kier alpha value is -2.87. The minimum absolute atomic E-state index is 0.0788. The third-order valence-corrected chi connectivity index (χ3v) is 5.82. The molecular formula is C21H25N3O4S. The highest BCUT2D eigenvalue weighted by Gasteiger charge is 2.19. The Labute approximate surface area is 172 Å². The van der Waals surface area contributed by atoms with Crippen molar-refractivity contribution in [1.82, 2.24) is 14.0 Å². The summed E-state index contributed by atoms with van der Waals surface area (Å²) in [7, 11) is 3.28. The molecular weight excluding hydrogens is 390 g/mol. The Morgan fingerprint density at radius 1 is 1.17 bits per heavy atom. The first-order chi connectivity index (χ1) is 14.0. The maximum atomic E-state index is 13.2. The van der Waals surface area contributed by atoms with Gasteiger partial charge in [0.15, 0.2) is 0 Å². The summed E-state index contributed by atoms with van der Waals surface area (Å²) < 4.78 is 8.39. The van der Waals surface area contributed by atoms with E-state index in [1.54, 1.807) is 36.6 Å². The largest absolute Gasteiger partial charge is 0.496 e. The Kier molecular flexibility index (Phi) is 6.53. The van der Waals surface area contributed by atoms with Crippen molar-refractivity contribution in [3.05, 3.63) is 62.1 Å². The fraction of sp³-hybridized carbons (Fsp3) is 0.381. The lowest BCUT2D eigenvalue weighted by Gasteiger charge is -2.18. The van der Waals surface area contributed by atoms with Crippen LogP contribution in [0.1, 0.15) is 25.3 Å². The Balaban J connectivity index is 2.05. The number of unbranched alkanes of at least 4 members (excludes halogenated alkanes) is 1. The second-order valence-electron chi connectivity index (χ2n) is 6.88. The molecule has 3 rings (SSSR count). The number of carbonyl (C=O) groups is 1. The van der Waals surface area contributed by atoms with E-state index in [1.807, 2.05) is 18.2 Å². The van der Waals surface area contributed by atoms with E-state index in [0.717, 1.165) is 18.4 Å². The summed E-state index contributed by atoms with van der Waals surface area (Å²) in [6, 6.07) is 8.98. The molecule has 29 heavy (non-hydrogen) atoms. The number of fused-ring (bicyclic) bond motifs is 1. The van der Waals surface area contributed by atoms with Crippen LogP contribution in [0.25, 0.3) is 10.2 Å².